The lowest BCUT2D eigenvalue weighted by atomic mass is 10.2. The highest BCUT2D eigenvalue weighted by Gasteiger charge is 2.21. The van der Waals surface area contributed by atoms with Crippen LogP contribution in [0.3, 0.4) is 0 Å². The zero-order valence-corrected chi connectivity index (χ0v) is 18.6. The summed E-state index contributed by atoms with van der Waals surface area (Å²) in [5.41, 5.74) is 2.13. The molecule has 1 fully saturated rings. The summed E-state index contributed by atoms with van der Waals surface area (Å²) in [4.78, 5) is 19.0. The van der Waals surface area contributed by atoms with Crippen molar-refractivity contribution in [2.75, 3.05) is 26.2 Å². The molecular formula is C24H27ClN4O3. The molecule has 0 radical (unpaired) electrons. The average Bonchev–Trinajstić information content (AvgIpc) is 3.28. The summed E-state index contributed by atoms with van der Waals surface area (Å²) in [7, 11) is 0. The van der Waals surface area contributed by atoms with Crippen molar-refractivity contribution >= 4 is 17.5 Å². The highest BCUT2D eigenvalue weighted by atomic mass is 35.5. The molecule has 0 bridgehead atoms. The van der Waals surface area contributed by atoms with Gasteiger partial charge in [-0.15, -0.1) is 0 Å². The second-order valence-electron chi connectivity index (χ2n) is 7.89. The molecule has 1 atom stereocenters. The third-order valence-corrected chi connectivity index (χ3v) is 5.62. The maximum Gasteiger partial charge on any atom is 0.226 e. The zero-order valence-electron chi connectivity index (χ0n) is 17.9. The number of benzene rings is 2. The van der Waals surface area contributed by atoms with Gasteiger partial charge in [-0.3, -0.25) is 9.69 Å². The fourth-order valence-electron chi connectivity index (χ4n) is 3.68. The van der Waals surface area contributed by atoms with E-state index in [0.29, 0.717) is 49.2 Å². The topological polar surface area (TPSA) is 80.5 Å². The number of ether oxygens (including phenoxy) is 1. The minimum atomic E-state index is 0.00576. The van der Waals surface area contributed by atoms with Crippen molar-refractivity contribution < 1.29 is 14.1 Å². The van der Waals surface area contributed by atoms with Crippen LogP contribution in [0.15, 0.2) is 59.1 Å². The van der Waals surface area contributed by atoms with Gasteiger partial charge in [0.25, 0.3) is 0 Å². The van der Waals surface area contributed by atoms with E-state index in [1.165, 1.54) is 5.56 Å². The largest absolute Gasteiger partial charge is 0.374 e. The van der Waals surface area contributed by atoms with Crippen LogP contribution in [0.25, 0.3) is 11.4 Å². The standard InChI is InChI=1S/C24H27ClN4O3/c25-20-11-9-19(10-12-20)24-27-23(32-28-24)8-4-7-22(30)26-15-21-17-29(13-14-31-21)16-18-5-2-1-3-6-18/h1-3,5-6,9-12,21H,4,7-8,13-17H2,(H,26,30). The molecule has 32 heavy (non-hydrogen) atoms. The Morgan fingerprint density at radius 2 is 1.97 bits per heavy atom. The molecule has 2 aromatic carbocycles. The highest BCUT2D eigenvalue weighted by Crippen LogP contribution is 2.19. The normalized spacial score (nSPS) is 16.7. The van der Waals surface area contributed by atoms with Crippen LogP contribution in [0.2, 0.25) is 5.02 Å². The van der Waals surface area contributed by atoms with Crippen LogP contribution in [-0.2, 0) is 22.5 Å². The van der Waals surface area contributed by atoms with Crippen molar-refractivity contribution in [3.63, 3.8) is 0 Å². The zero-order chi connectivity index (χ0) is 22.2. The lowest BCUT2D eigenvalue weighted by Crippen LogP contribution is -2.47. The number of rotatable bonds is 9. The lowest BCUT2D eigenvalue weighted by Gasteiger charge is -2.33. The fourth-order valence-corrected chi connectivity index (χ4v) is 3.80. The maximum atomic E-state index is 12.2. The summed E-state index contributed by atoms with van der Waals surface area (Å²) in [6.07, 6.45) is 1.60. The molecule has 1 unspecified atom stereocenters. The first-order valence-electron chi connectivity index (χ1n) is 10.9. The summed E-state index contributed by atoms with van der Waals surface area (Å²) in [6, 6.07) is 17.7. The molecule has 0 saturated carbocycles. The second-order valence-corrected chi connectivity index (χ2v) is 8.33. The molecule has 1 saturated heterocycles. The predicted octanol–water partition coefficient (Wildman–Crippen LogP) is 3.73. The van der Waals surface area contributed by atoms with Crippen molar-refractivity contribution in [1.82, 2.24) is 20.4 Å². The van der Waals surface area contributed by atoms with Gasteiger partial charge < -0.3 is 14.6 Å². The molecule has 7 nitrogen and oxygen atoms in total. The van der Waals surface area contributed by atoms with Gasteiger partial charge in [0.05, 0.1) is 12.7 Å². The van der Waals surface area contributed by atoms with Gasteiger partial charge in [0, 0.05) is 49.6 Å². The maximum absolute atomic E-state index is 12.2. The van der Waals surface area contributed by atoms with Crippen LogP contribution < -0.4 is 5.32 Å². The van der Waals surface area contributed by atoms with E-state index in [1.807, 2.05) is 18.2 Å². The van der Waals surface area contributed by atoms with Gasteiger partial charge in [0.1, 0.15) is 0 Å². The van der Waals surface area contributed by atoms with E-state index in [4.69, 9.17) is 20.9 Å². The van der Waals surface area contributed by atoms with Crippen LogP contribution >= 0.6 is 11.6 Å². The fraction of sp³-hybridized carbons (Fsp3) is 0.375. The van der Waals surface area contributed by atoms with Crippen LogP contribution in [0, 0.1) is 0 Å². The lowest BCUT2D eigenvalue weighted by molar-refractivity contribution is -0.122. The van der Waals surface area contributed by atoms with Gasteiger partial charge in [-0.1, -0.05) is 47.1 Å². The number of nitrogens with zero attached hydrogens (tertiary/aromatic N) is 3. The molecule has 3 aromatic rings. The Morgan fingerprint density at radius 1 is 1.16 bits per heavy atom. The minimum Gasteiger partial charge on any atom is -0.374 e. The number of hydrogen-bond acceptors (Lipinski definition) is 6. The van der Waals surface area contributed by atoms with Crippen LogP contribution in [0.5, 0.6) is 0 Å². The highest BCUT2D eigenvalue weighted by molar-refractivity contribution is 6.30. The number of nitrogens with one attached hydrogen (secondary N) is 1. The molecule has 2 heterocycles. The van der Waals surface area contributed by atoms with Gasteiger partial charge in [0.15, 0.2) is 0 Å². The number of morpholine rings is 1. The summed E-state index contributed by atoms with van der Waals surface area (Å²) in [5.74, 6) is 1.05. The number of aryl methyl sites for hydroxylation is 1. The Balaban J connectivity index is 1.15. The van der Waals surface area contributed by atoms with Gasteiger partial charge in [-0.05, 0) is 36.2 Å². The molecule has 1 aromatic heterocycles. The van der Waals surface area contributed by atoms with E-state index >= 15 is 0 Å². The van der Waals surface area contributed by atoms with Gasteiger partial charge in [-0.25, -0.2) is 0 Å². The van der Waals surface area contributed by atoms with Crippen molar-refractivity contribution in [3.8, 4) is 11.4 Å². The van der Waals surface area contributed by atoms with E-state index in [-0.39, 0.29) is 12.0 Å². The van der Waals surface area contributed by atoms with Gasteiger partial charge >= 0.3 is 0 Å². The Bertz CT molecular complexity index is 994. The third kappa shape index (κ3) is 6.63. The summed E-state index contributed by atoms with van der Waals surface area (Å²) < 4.78 is 11.1. The number of amides is 1. The van der Waals surface area contributed by atoms with E-state index in [0.717, 1.165) is 25.2 Å². The van der Waals surface area contributed by atoms with Crippen LogP contribution in [0.1, 0.15) is 24.3 Å². The monoisotopic (exact) mass is 454 g/mol. The SMILES string of the molecule is O=C(CCCc1nc(-c2ccc(Cl)cc2)no1)NCC1CN(Cc2ccccc2)CCO1. The summed E-state index contributed by atoms with van der Waals surface area (Å²) in [6.45, 7) is 3.81. The average molecular weight is 455 g/mol. The number of aromatic nitrogens is 2. The van der Waals surface area contributed by atoms with E-state index in [2.05, 4.69) is 44.6 Å². The van der Waals surface area contributed by atoms with E-state index in [1.54, 1.807) is 12.1 Å². The summed E-state index contributed by atoms with van der Waals surface area (Å²) in [5, 5.41) is 7.65. The van der Waals surface area contributed by atoms with Gasteiger partial charge in [-0.2, -0.15) is 4.98 Å². The second kappa shape index (κ2) is 11.2. The van der Waals surface area contributed by atoms with Crippen molar-refractivity contribution in [3.05, 3.63) is 71.1 Å². The quantitative estimate of drug-likeness (QED) is 0.530. The predicted molar refractivity (Wildman–Crippen MR) is 122 cm³/mol. The minimum absolute atomic E-state index is 0.00576. The van der Waals surface area contributed by atoms with Crippen LogP contribution in [0.4, 0.5) is 0 Å². The van der Waals surface area contributed by atoms with Crippen molar-refractivity contribution in [2.24, 2.45) is 0 Å². The Hall–Kier alpha value is -2.74. The number of carbonyl (C=O) groups excluding carboxylic acids is 1. The first kappa shape index (κ1) is 22.5. The Kier molecular flexibility index (Phi) is 7.87. The molecule has 0 spiro atoms. The summed E-state index contributed by atoms with van der Waals surface area (Å²) >= 11 is 5.91. The number of halogens is 1. The molecule has 0 aliphatic carbocycles. The van der Waals surface area contributed by atoms with E-state index in [9.17, 15) is 4.79 Å². The number of hydrogen-bond donors (Lipinski definition) is 1. The molecule has 4 rings (SSSR count). The molecule has 8 heteroatoms. The van der Waals surface area contributed by atoms with Crippen molar-refractivity contribution in [2.45, 2.75) is 31.9 Å². The molecule has 1 aliphatic rings. The first-order chi connectivity index (χ1) is 15.7. The van der Waals surface area contributed by atoms with E-state index < -0.39 is 0 Å². The Labute approximate surface area is 192 Å². The Morgan fingerprint density at radius 3 is 2.78 bits per heavy atom. The molecule has 1 aliphatic heterocycles. The molecule has 168 valence electrons. The van der Waals surface area contributed by atoms with Crippen molar-refractivity contribution in [1.29, 1.82) is 0 Å². The first-order valence-corrected chi connectivity index (χ1v) is 11.3. The van der Waals surface area contributed by atoms with Crippen LogP contribution in [-0.4, -0.2) is 53.3 Å². The third-order valence-electron chi connectivity index (χ3n) is 5.36. The van der Waals surface area contributed by atoms with Gasteiger partial charge in [0.2, 0.25) is 17.6 Å². The molecular weight excluding hydrogens is 428 g/mol. The number of carbonyl (C=O) groups is 1. The smallest absolute Gasteiger partial charge is 0.226 e. The molecule has 1 amide bonds. The molecule has 1 N–H and O–H groups in total.